The molecule has 16 unspecified atom stereocenters. The molecule has 52 heavy (non-hydrogen) atoms. The van der Waals surface area contributed by atoms with E-state index in [-0.39, 0.29) is 25.2 Å². The Morgan fingerprint density at radius 3 is 2.33 bits per heavy atom. The normalized spacial score (nSPS) is 44.0. The Morgan fingerprint density at radius 2 is 1.73 bits per heavy atom. The highest BCUT2D eigenvalue weighted by atomic mass is 16.7. The van der Waals surface area contributed by atoms with Gasteiger partial charge in [0.05, 0.1) is 43.0 Å². The Bertz CT molecular complexity index is 1210. The first kappa shape index (κ1) is 44.1. The van der Waals surface area contributed by atoms with Crippen molar-refractivity contribution >= 4 is 18.2 Å². The van der Waals surface area contributed by atoms with Crippen LogP contribution in [-0.2, 0) is 47.5 Å². The van der Waals surface area contributed by atoms with Crippen molar-refractivity contribution in [3.63, 3.8) is 0 Å². The van der Waals surface area contributed by atoms with Gasteiger partial charge in [0.15, 0.2) is 18.7 Å². The first-order valence-electron chi connectivity index (χ1n) is 18.1. The number of allylic oxidation sites excluding steroid dienone is 2. The molecule has 3 aliphatic rings. The minimum absolute atomic E-state index is 0.0335. The first-order chi connectivity index (χ1) is 24.4. The number of hydrogen-bond donors (Lipinski definition) is 4. The highest BCUT2D eigenvalue weighted by Crippen LogP contribution is 2.37. The fourth-order valence-electron chi connectivity index (χ4n) is 7.43. The molecule has 16 atom stereocenters. The zero-order chi connectivity index (χ0) is 38.9. The lowest BCUT2D eigenvalue weighted by molar-refractivity contribution is -0.344. The Hall–Kier alpha value is -2.31. The van der Waals surface area contributed by atoms with Crippen LogP contribution in [0.25, 0.3) is 0 Å². The van der Waals surface area contributed by atoms with Crippen LogP contribution in [0.3, 0.4) is 0 Å². The van der Waals surface area contributed by atoms with Gasteiger partial charge in [0.1, 0.15) is 36.3 Å². The number of aldehydes is 1. The van der Waals surface area contributed by atoms with Gasteiger partial charge in [-0.1, -0.05) is 31.2 Å². The predicted octanol–water partition coefficient (Wildman–Crippen LogP) is 1.42. The molecule has 15 nitrogen and oxygen atoms in total. The Balaban J connectivity index is 1.93. The van der Waals surface area contributed by atoms with E-state index in [1.807, 2.05) is 13.0 Å². The monoisotopic (exact) mass is 743 g/mol. The molecule has 0 aromatic heterocycles. The van der Waals surface area contributed by atoms with Crippen LogP contribution in [0.5, 0.6) is 0 Å². The van der Waals surface area contributed by atoms with Crippen LogP contribution in [0, 0.1) is 11.8 Å². The molecule has 3 heterocycles. The van der Waals surface area contributed by atoms with E-state index in [1.165, 1.54) is 21.0 Å². The lowest BCUT2D eigenvalue weighted by Crippen LogP contribution is -2.66. The fourth-order valence-corrected chi connectivity index (χ4v) is 7.43. The van der Waals surface area contributed by atoms with Gasteiger partial charge >= 0.3 is 11.9 Å². The third-order valence-electron chi connectivity index (χ3n) is 10.1. The molecule has 0 spiro atoms. The molecule has 298 valence electrons. The summed E-state index contributed by atoms with van der Waals surface area (Å²) < 4.78 is 41.8. The highest BCUT2D eigenvalue weighted by molar-refractivity contribution is 5.70. The molecule has 4 N–H and O–H groups in total. The summed E-state index contributed by atoms with van der Waals surface area (Å²) in [4.78, 5) is 38.4. The molecule has 0 bridgehead atoms. The number of likely N-dealkylation sites (N-methyl/N-ethyl adjacent to an activating group) is 1. The van der Waals surface area contributed by atoms with Crippen molar-refractivity contribution in [3.8, 4) is 0 Å². The maximum Gasteiger partial charge on any atom is 0.308 e. The number of hydrogen-bond acceptors (Lipinski definition) is 15. The number of cyclic esters (lactones) is 1. The molecule has 0 amide bonds. The van der Waals surface area contributed by atoms with Gasteiger partial charge in [-0.15, -0.1) is 0 Å². The van der Waals surface area contributed by atoms with Gasteiger partial charge in [-0.05, 0) is 60.0 Å². The smallest absolute Gasteiger partial charge is 0.308 e. The summed E-state index contributed by atoms with van der Waals surface area (Å²) in [5, 5.41) is 45.4. The summed E-state index contributed by atoms with van der Waals surface area (Å²) in [5.41, 5.74) is -1.47. The van der Waals surface area contributed by atoms with Crippen LogP contribution in [-0.4, -0.2) is 150 Å². The third-order valence-corrected chi connectivity index (χ3v) is 10.1. The van der Waals surface area contributed by atoms with Crippen LogP contribution in [0.2, 0.25) is 0 Å². The number of carbonyl (C=O) groups excluding carboxylic acids is 3. The molecule has 2 saturated heterocycles. The van der Waals surface area contributed by atoms with Crippen molar-refractivity contribution in [3.05, 3.63) is 24.3 Å². The second-order valence-electron chi connectivity index (χ2n) is 14.9. The van der Waals surface area contributed by atoms with Crippen molar-refractivity contribution in [1.82, 2.24) is 4.90 Å². The molecule has 3 aliphatic heterocycles. The molecular formula is C37H61NO14. The van der Waals surface area contributed by atoms with Gasteiger partial charge in [0.2, 0.25) is 0 Å². The van der Waals surface area contributed by atoms with Crippen LogP contribution < -0.4 is 0 Å². The second-order valence-corrected chi connectivity index (χ2v) is 14.9. The van der Waals surface area contributed by atoms with E-state index in [4.69, 9.17) is 33.2 Å². The minimum atomic E-state index is -1.47. The van der Waals surface area contributed by atoms with E-state index in [9.17, 15) is 34.8 Å². The van der Waals surface area contributed by atoms with Crippen molar-refractivity contribution in [2.45, 2.75) is 159 Å². The van der Waals surface area contributed by atoms with E-state index in [2.05, 4.69) is 0 Å². The zero-order valence-electron chi connectivity index (χ0n) is 31.9. The van der Waals surface area contributed by atoms with Crippen molar-refractivity contribution in [2.24, 2.45) is 11.8 Å². The van der Waals surface area contributed by atoms with E-state index >= 15 is 0 Å². The SMILES string of the molecule is COC1C(O)CC(=O)OC(C)C/C=C\C=C/C(O)C(C)CC(CC=O)C1OC1OC(C)C(OC2CC(C)(O)C(OC(C)=O)C(C)O2)C(N(C)C)C1O. The topological polar surface area (TPSA) is 200 Å². The molecule has 0 aromatic rings. The standard InChI is InChI=1S/C37H61NO14/c1-20-17-25(15-16-39)33(34(46-9)27(42)18-28(43)47-21(2)13-11-10-12-14-26(20)41)52-36-31(44)30(38(7)8)32(22(3)49-36)51-29-19-37(6,45)35(23(4)48-29)50-24(5)40/h10-12,14,16,20-23,25-27,29-36,41-42,44-45H,13,15,17-19H2,1-9H3/b11-10-,14-12-. The van der Waals surface area contributed by atoms with Gasteiger partial charge < -0.3 is 63.3 Å². The summed E-state index contributed by atoms with van der Waals surface area (Å²) >= 11 is 0. The molecule has 0 aromatic carbocycles. The fraction of sp³-hybridized carbons (Fsp3) is 0.811. The second kappa shape index (κ2) is 19.9. The van der Waals surface area contributed by atoms with Crippen molar-refractivity contribution in [1.29, 1.82) is 0 Å². The quantitative estimate of drug-likeness (QED) is 0.195. The number of carbonyl (C=O) groups is 3. The molecule has 2 fully saturated rings. The van der Waals surface area contributed by atoms with Crippen molar-refractivity contribution in [2.75, 3.05) is 21.2 Å². The number of methoxy groups -OCH3 is 1. The summed E-state index contributed by atoms with van der Waals surface area (Å²) in [6.45, 7) is 9.74. The molecule has 3 rings (SSSR count). The maximum absolute atomic E-state index is 12.9. The minimum Gasteiger partial charge on any atom is -0.462 e. The van der Waals surface area contributed by atoms with Gasteiger partial charge in [0.25, 0.3) is 0 Å². The van der Waals surface area contributed by atoms with Crippen LogP contribution >= 0.6 is 0 Å². The Kier molecular flexibility index (Phi) is 16.8. The van der Waals surface area contributed by atoms with Crippen LogP contribution in [0.1, 0.15) is 73.6 Å². The average molecular weight is 744 g/mol. The molecular weight excluding hydrogens is 682 g/mol. The predicted molar refractivity (Wildman–Crippen MR) is 187 cm³/mol. The number of esters is 2. The van der Waals surface area contributed by atoms with Gasteiger partial charge in [-0.2, -0.15) is 0 Å². The molecule has 0 saturated carbocycles. The van der Waals surface area contributed by atoms with Crippen LogP contribution in [0.15, 0.2) is 24.3 Å². The van der Waals surface area contributed by atoms with E-state index in [0.717, 1.165) is 0 Å². The largest absolute Gasteiger partial charge is 0.462 e. The molecule has 15 heteroatoms. The van der Waals surface area contributed by atoms with E-state index in [1.54, 1.807) is 58.0 Å². The number of ether oxygens (including phenoxy) is 7. The van der Waals surface area contributed by atoms with Crippen LogP contribution in [0.4, 0.5) is 0 Å². The summed E-state index contributed by atoms with van der Waals surface area (Å²) in [6, 6.07) is -0.749. The number of aliphatic hydroxyl groups is 4. The van der Waals surface area contributed by atoms with E-state index in [0.29, 0.717) is 12.7 Å². The van der Waals surface area contributed by atoms with Gasteiger partial charge in [0, 0.05) is 33.3 Å². The molecule has 0 aliphatic carbocycles. The summed E-state index contributed by atoms with van der Waals surface area (Å²) in [5.74, 6) is -2.23. The number of aliphatic hydroxyl groups excluding tert-OH is 3. The third kappa shape index (κ3) is 11.8. The summed E-state index contributed by atoms with van der Waals surface area (Å²) in [6.07, 6.45) is -4.09. The first-order valence-corrected chi connectivity index (χ1v) is 18.1. The van der Waals surface area contributed by atoms with Crippen molar-refractivity contribution < 1.29 is 68.0 Å². The Labute approximate surface area is 307 Å². The van der Waals surface area contributed by atoms with E-state index < -0.39 is 110 Å². The van der Waals surface area contributed by atoms with Gasteiger partial charge in [-0.25, -0.2) is 0 Å². The maximum atomic E-state index is 12.9. The Morgan fingerprint density at radius 1 is 1.04 bits per heavy atom. The number of rotatable bonds is 9. The molecule has 0 radical (unpaired) electrons. The average Bonchev–Trinajstić information content (AvgIpc) is 3.03. The lowest BCUT2D eigenvalue weighted by Gasteiger charge is -2.50. The lowest BCUT2D eigenvalue weighted by atomic mass is 9.82. The number of nitrogens with zero attached hydrogens (tertiary/aromatic N) is 1. The van der Waals surface area contributed by atoms with Gasteiger partial charge in [-0.3, -0.25) is 9.59 Å². The highest BCUT2D eigenvalue weighted by Gasteiger charge is 2.52. The summed E-state index contributed by atoms with van der Waals surface area (Å²) in [7, 11) is 4.84. The zero-order valence-corrected chi connectivity index (χ0v) is 31.9.